The number of amides is 1. The van der Waals surface area contributed by atoms with Crippen molar-refractivity contribution in [2.75, 3.05) is 0 Å². The highest BCUT2D eigenvalue weighted by Crippen LogP contribution is 2.36. The van der Waals surface area contributed by atoms with Gasteiger partial charge in [0.25, 0.3) is 0 Å². The molecule has 1 heterocycles. The van der Waals surface area contributed by atoms with Crippen LogP contribution in [0.5, 0.6) is 0 Å². The second kappa shape index (κ2) is 4.83. The second-order valence-electron chi connectivity index (χ2n) is 6.74. The van der Waals surface area contributed by atoms with E-state index in [2.05, 4.69) is 0 Å². The van der Waals surface area contributed by atoms with Gasteiger partial charge in [0.2, 0.25) is 5.91 Å². The third-order valence-electron chi connectivity index (χ3n) is 4.70. The predicted molar refractivity (Wildman–Crippen MR) is 88.2 cm³/mol. The minimum atomic E-state index is -0.422. The fraction of sp³-hybridized carbons (Fsp3) is 0.353. The van der Waals surface area contributed by atoms with Gasteiger partial charge in [-0.25, -0.2) is 0 Å². The zero-order chi connectivity index (χ0) is 16.1. The van der Waals surface area contributed by atoms with Crippen LogP contribution in [0.15, 0.2) is 36.4 Å². The Morgan fingerprint density at radius 2 is 1.68 bits per heavy atom. The van der Waals surface area contributed by atoms with E-state index in [-0.39, 0.29) is 11.2 Å². The largest absolute Gasteiger partial charge is 0.494 e. The minimum absolute atomic E-state index is 0.373. The van der Waals surface area contributed by atoms with Crippen LogP contribution in [-0.4, -0.2) is 24.2 Å². The molecule has 0 saturated carbocycles. The topological polar surface area (TPSA) is 61.5 Å². The zero-order valence-corrected chi connectivity index (χ0v) is 13.3. The van der Waals surface area contributed by atoms with Gasteiger partial charge in [-0.05, 0) is 50.0 Å². The van der Waals surface area contributed by atoms with Crippen molar-refractivity contribution in [3.63, 3.8) is 0 Å². The SMILES string of the molecule is CC1(C)OB(c2ccc3c(C(N)=O)cccc3c2)OC1(C)C. The average molecular weight is 297 g/mol. The highest BCUT2D eigenvalue weighted by Gasteiger charge is 2.51. The van der Waals surface area contributed by atoms with Crippen molar-refractivity contribution in [3.8, 4) is 0 Å². The van der Waals surface area contributed by atoms with Gasteiger partial charge in [0, 0.05) is 5.56 Å². The quantitative estimate of drug-likeness (QED) is 0.865. The lowest BCUT2D eigenvalue weighted by molar-refractivity contribution is 0.00578. The summed E-state index contributed by atoms with van der Waals surface area (Å²) in [5.74, 6) is -0.422. The lowest BCUT2D eigenvalue weighted by Gasteiger charge is -2.32. The monoisotopic (exact) mass is 297 g/mol. The van der Waals surface area contributed by atoms with Crippen LogP contribution in [0.2, 0.25) is 0 Å². The standard InChI is InChI=1S/C17H20BNO3/c1-16(2)17(3,4)22-18(21-16)12-8-9-13-11(10-12)6-5-7-14(13)15(19)20/h5-10H,1-4H3,(H2,19,20). The van der Waals surface area contributed by atoms with E-state index in [4.69, 9.17) is 15.0 Å². The number of nitrogens with two attached hydrogens (primary N) is 1. The molecule has 1 fully saturated rings. The molecule has 2 N–H and O–H groups in total. The maximum Gasteiger partial charge on any atom is 0.494 e. The van der Waals surface area contributed by atoms with Gasteiger partial charge in [-0.3, -0.25) is 4.79 Å². The molecule has 5 heteroatoms. The molecule has 1 aliphatic heterocycles. The smallest absolute Gasteiger partial charge is 0.399 e. The summed E-state index contributed by atoms with van der Waals surface area (Å²) in [5.41, 5.74) is 6.14. The van der Waals surface area contributed by atoms with Crippen LogP contribution in [0.25, 0.3) is 10.8 Å². The molecule has 0 aliphatic carbocycles. The number of hydrogen-bond acceptors (Lipinski definition) is 3. The first-order valence-electron chi connectivity index (χ1n) is 7.39. The van der Waals surface area contributed by atoms with Crippen LogP contribution in [0.4, 0.5) is 0 Å². The maximum atomic E-state index is 11.5. The third kappa shape index (κ3) is 2.30. The summed E-state index contributed by atoms with van der Waals surface area (Å²) in [5, 5.41) is 1.79. The van der Waals surface area contributed by atoms with Crippen LogP contribution in [-0.2, 0) is 9.31 Å². The highest BCUT2D eigenvalue weighted by molar-refractivity contribution is 6.62. The summed E-state index contributed by atoms with van der Waals surface area (Å²) >= 11 is 0. The van der Waals surface area contributed by atoms with Gasteiger partial charge < -0.3 is 15.0 Å². The first-order valence-corrected chi connectivity index (χ1v) is 7.39. The maximum absolute atomic E-state index is 11.5. The van der Waals surface area contributed by atoms with Gasteiger partial charge in [0.05, 0.1) is 11.2 Å². The van der Waals surface area contributed by atoms with Gasteiger partial charge in [-0.2, -0.15) is 0 Å². The average Bonchev–Trinajstić information content (AvgIpc) is 2.66. The summed E-state index contributed by atoms with van der Waals surface area (Å²) in [6.45, 7) is 8.11. The lowest BCUT2D eigenvalue weighted by atomic mass is 9.78. The Morgan fingerprint density at radius 1 is 1.05 bits per heavy atom. The van der Waals surface area contributed by atoms with Gasteiger partial charge in [-0.15, -0.1) is 0 Å². The van der Waals surface area contributed by atoms with Crippen LogP contribution < -0.4 is 11.2 Å². The molecule has 0 atom stereocenters. The Labute approximate surface area is 130 Å². The van der Waals surface area contributed by atoms with Crippen LogP contribution >= 0.6 is 0 Å². The van der Waals surface area contributed by atoms with Crippen molar-refractivity contribution < 1.29 is 14.1 Å². The lowest BCUT2D eigenvalue weighted by Crippen LogP contribution is -2.41. The summed E-state index contributed by atoms with van der Waals surface area (Å²) in [6.07, 6.45) is 0. The molecule has 2 aromatic rings. The molecule has 0 spiro atoms. The first kappa shape index (κ1) is 15.1. The molecule has 4 nitrogen and oxygen atoms in total. The normalized spacial score (nSPS) is 19.5. The van der Waals surface area contributed by atoms with Crippen LogP contribution in [0, 0.1) is 0 Å². The van der Waals surface area contributed by atoms with Crippen molar-refractivity contribution in [1.29, 1.82) is 0 Å². The Bertz CT molecular complexity index is 739. The molecule has 2 aromatic carbocycles. The van der Waals surface area contributed by atoms with Crippen molar-refractivity contribution in [2.45, 2.75) is 38.9 Å². The Balaban J connectivity index is 2.03. The molecule has 22 heavy (non-hydrogen) atoms. The van der Waals surface area contributed by atoms with E-state index in [1.54, 1.807) is 6.07 Å². The van der Waals surface area contributed by atoms with E-state index < -0.39 is 13.0 Å². The molecule has 0 bridgehead atoms. The Hall–Kier alpha value is -1.85. The van der Waals surface area contributed by atoms with Crippen LogP contribution in [0.1, 0.15) is 38.1 Å². The van der Waals surface area contributed by atoms with Crippen molar-refractivity contribution in [2.24, 2.45) is 5.73 Å². The predicted octanol–water partition coefficient (Wildman–Crippen LogP) is 2.24. The van der Waals surface area contributed by atoms with Gasteiger partial charge in [-0.1, -0.05) is 30.3 Å². The van der Waals surface area contributed by atoms with Crippen molar-refractivity contribution in [3.05, 3.63) is 42.0 Å². The number of primary amides is 1. The number of rotatable bonds is 2. The molecular weight excluding hydrogens is 277 g/mol. The summed E-state index contributed by atoms with van der Waals surface area (Å²) < 4.78 is 12.1. The molecule has 0 radical (unpaired) electrons. The number of carbonyl (C=O) groups excluding carboxylic acids is 1. The fourth-order valence-corrected chi connectivity index (χ4v) is 2.64. The number of benzene rings is 2. The van der Waals surface area contributed by atoms with E-state index in [0.29, 0.717) is 5.56 Å². The van der Waals surface area contributed by atoms with E-state index >= 15 is 0 Å². The van der Waals surface area contributed by atoms with E-state index in [0.717, 1.165) is 16.2 Å². The molecule has 3 rings (SSSR count). The summed E-state index contributed by atoms with van der Waals surface area (Å²) in [7, 11) is -0.411. The number of carbonyl (C=O) groups is 1. The van der Waals surface area contributed by atoms with E-state index in [9.17, 15) is 4.79 Å². The fourth-order valence-electron chi connectivity index (χ4n) is 2.64. The Kier molecular flexibility index (Phi) is 3.31. The zero-order valence-electron chi connectivity index (χ0n) is 13.3. The van der Waals surface area contributed by atoms with Gasteiger partial charge in [0.1, 0.15) is 0 Å². The molecule has 0 aromatic heterocycles. The van der Waals surface area contributed by atoms with Gasteiger partial charge in [0.15, 0.2) is 0 Å². The van der Waals surface area contributed by atoms with Crippen molar-refractivity contribution in [1.82, 2.24) is 0 Å². The molecular formula is C17H20BNO3. The Morgan fingerprint density at radius 3 is 2.27 bits per heavy atom. The number of fused-ring (bicyclic) bond motifs is 1. The molecule has 1 saturated heterocycles. The minimum Gasteiger partial charge on any atom is -0.399 e. The van der Waals surface area contributed by atoms with Crippen LogP contribution in [0.3, 0.4) is 0 Å². The summed E-state index contributed by atoms with van der Waals surface area (Å²) in [4.78, 5) is 11.5. The molecule has 1 aliphatic rings. The van der Waals surface area contributed by atoms with Gasteiger partial charge >= 0.3 is 7.12 Å². The first-order chi connectivity index (χ1) is 10.2. The van der Waals surface area contributed by atoms with E-state index in [1.807, 2.05) is 58.0 Å². The second-order valence-corrected chi connectivity index (χ2v) is 6.74. The van der Waals surface area contributed by atoms with E-state index in [1.165, 1.54) is 0 Å². The van der Waals surface area contributed by atoms with Crippen molar-refractivity contribution >= 4 is 29.3 Å². The summed E-state index contributed by atoms with van der Waals surface area (Å²) in [6, 6.07) is 11.3. The molecule has 114 valence electrons. The third-order valence-corrected chi connectivity index (χ3v) is 4.70. The molecule has 0 unspecified atom stereocenters. The number of hydrogen-bond donors (Lipinski definition) is 1. The molecule has 1 amide bonds. The highest BCUT2D eigenvalue weighted by atomic mass is 16.7.